The summed E-state index contributed by atoms with van der Waals surface area (Å²) in [5.74, 6) is 0. The van der Waals surface area contributed by atoms with Crippen LogP contribution in [-0.2, 0) is 13.0 Å². The Labute approximate surface area is 115 Å². The van der Waals surface area contributed by atoms with Crippen LogP contribution >= 0.6 is 0 Å². The Hall–Kier alpha value is -1.32. The molecular formula is C16H24N2O. The summed E-state index contributed by atoms with van der Waals surface area (Å²) in [7, 11) is 0. The predicted molar refractivity (Wildman–Crippen MR) is 80.3 cm³/mol. The first-order valence-corrected chi connectivity index (χ1v) is 7.24. The van der Waals surface area contributed by atoms with E-state index < -0.39 is 0 Å². The monoisotopic (exact) mass is 260 g/mol. The molecule has 0 atom stereocenters. The van der Waals surface area contributed by atoms with Crippen molar-refractivity contribution in [2.24, 2.45) is 5.73 Å². The number of para-hydroxylation sites is 1. The minimum Gasteiger partial charge on any atom is -0.396 e. The van der Waals surface area contributed by atoms with Gasteiger partial charge in [0.25, 0.3) is 0 Å². The molecule has 0 fully saturated rings. The number of nitrogens with zero attached hydrogens (tertiary/aromatic N) is 1. The largest absolute Gasteiger partial charge is 0.396 e. The van der Waals surface area contributed by atoms with E-state index in [1.54, 1.807) is 0 Å². The lowest BCUT2D eigenvalue weighted by molar-refractivity contribution is 0.282. The number of benzene rings is 1. The lowest BCUT2D eigenvalue weighted by Crippen LogP contribution is -2.02. The molecule has 0 amide bonds. The molecule has 2 rings (SSSR count). The first kappa shape index (κ1) is 14.1. The molecule has 0 aliphatic heterocycles. The van der Waals surface area contributed by atoms with Crippen LogP contribution in [0.25, 0.3) is 10.9 Å². The van der Waals surface area contributed by atoms with E-state index in [1.807, 2.05) is 0 Å². The highest BCUT2D eigenvalue weighted by Crippen LogP contribution is 2.22. The smallest absolute Gasteiger partial charge is 0.0483 e. The maximum absolute atomic E-state index is 8.77. The van der Waals surface area contributed by atoms with E-state index in [2.05, 4.69) is 35.0 Å². The van der Waals surface area contributed by atoms with Gasteiger partial charge < -0.3 is 15.4 Å². The zero-order valence-corrected chi connectivity index (χ0v) is 11.5. The average molecular weight is 260 g/mol. The second-order valence-corrected chi connectivity index (χ2v) is 5.04. The highest BCUT2D eigenvalue weighted by atomic mass is 16.2. The summed E-state index contributed by atoms with van der Waals surface area (Å²) in [5, 5.41) is 10.1. The SMILES string of the molecule is NCCc1cn(CCCCCCO)c2ccccc12. The minimum atomic E-state index is 0.313. The van der Waals surface area contributed by atoms with Gasteiger partial charge in [0.15, 0.2) is 0 Å². The van der Waals surface area contributed by atoms with Crippen molar-refractivity contribution >= 4 is 10.9 Å². The van der Waals surface area contributed by atoms with Gasteiger partial charge in [-0.2, -0.15) is 0 Å². The second-order valence-electron chi connectivity index (χ2n) is 5.04. The van der Waals surface area contributed by atoms with Crippen LogP contribution in [0.15, 0.2) is 30.5 Å². The Bertz CT molecular complexity index is 504. The van der Waals surface area contributed by atoms with Gasteiger partial charge in [-0.3, -0.25) is 0 Å². The van der Waals surface area contributed by atoms with Gasteiger partial charge in [0.1, 0.15) is 0 Å². The first-order chi connectivity index (χ1) is 9.36. The Balaban J connectivity index is 2.05. The molecule has 3 N–H and O–H groups in total. The van der Waals surface area contributed by atoms with Crippen LogP contribution in [0.4, 0.5) is 0 Å². The number of aliphatic hydroxyl groups is 1. The van der Waals surface area contributed by atoms with Crippen molar-refractivity contribution in [1.29, 1.82) is 0 Å². The highest BCUT2D eigenvalue weighted by molar-refractivity contribution is 5.84. The molecule has 0 aliphatic carbocycles. The molecule has 1 heterocycles. The van der Waals surface area contributed by atoms with E-state index in [9.17, 15) is 0 Å². The van der Waals surface area contributed by atoms with Crippen molar-refractivity contribution in [2.75, 3.05) is 13.2 Å². The number of hydrogen-bond acceptors (Lipinski definition) is 2. The van der Waals surface area contributed by atoms with Crippen molar-refractivity contribution in [3.63, 3.8) is 0 Å². The summed E-state index contributed by atoms with van der Waals surface area (Å²) < 4.78 is 2.35. The summed E-state index contributed by atoms with van der Waals surface area (Å²) in [6.45, 7) is 2.06. The lowest BCUT2D eigenvalue weighted by Gasteiger charge is -2.04. The lowest BCUT2D eigenvalue weighted by atomic mass is 10.1. The van der Waals surface area contributed by atoms with E-state index in [4.69, 9.17) is 10.8 Å². The summed E-state index contributed by atoms with van der Waals surface area (Å²) in [6, 6.07) is 8.55. The van der Waals surface area contributed by atoms with Crippen LogP contribution < -0.4 is 5.73 Å². The van der Waals surface area contributed by atoms with Gasteiger partial charge >= 0.3 is 0 Å². The molecule has 104 valence electrons. The van der Waals surface area contributed by atoms with E-state index in [-0.39, 0.29) is 0 Å². The van der Waals surface area contributed by atoms with E-state index >= 15 is 0 Å². The van der Waals surface area contributed by atoms with Gasteiger partial charge in [-0.25, -0.2) is 0 Å². The summed E-state index contributed by atoms with van der Waals surface area (Å²) in [6.07, 6.45) is 7.58. The van der Waals surface area contributed by atoms with Gasteiger partial charge in [0.05, 0.1) is 0 Å². The normalized spacial score (nSPS) is 11.3. The van der Waals surface area contributed by atoms with E-state index in [1.165, 1.54) is 29.3 Å². The third-order valence-electron chi connectivity index (χ3n) is 3.59. The molecule has 1 aromatic heterocycles. The number of fused-ring (bicyclic) bond motifs is 1. The van der Waals surface area contributed by atoms with E-state index in [0.29, 0.717) is 13.2 Å². The molecule has 0 aliphatic rings. The second kappa shape index (κ2) is 7.31. The number of rotatable bonds is 8. The van der Waals surface area contributed by atoms with Gasteiger partial charge in [-0.15, -0.1) is 0 Å². The predicted octanol–water partition coefficient (Wildman–Crippen LogP) is 2.70. The topological polar surface area (TPSA) is 51.2 Å². The molecule has 0 bridgehead atoms. The third kappa shape index (κ3) is 3.58. The summed E-state index contributed by atoms with van der Waals surface area (Å²) in [5.41, 5.74) is 8.35. The maximum Gasteiger partial charge on any atom is 0.0483 e. The zero-order valence-electron chi connectivity index (χ0n) is 11.5. The van der Waals surface area contributed by atoms with Crippen LogP contribution in [0, 0.1) is 0 Å². The zero-order chi connectivity index (χ0) is 13.5. The molecule has 0 saturated heterocycles. The van der Waals surface area contributed by atoms with Crippen molar-refractivity contribution in [3.05, 3.63) is 36.0 Å². The molecule has 3 nitrogen and oxygen atoms in total. The Kier molecular flexibility index (Phi) is 5.43. The molecule has 19 heavy (non-hydrogen) atoms. The van der Waals surface area contributed by atoms with Crippen LogP contribution in [0.2, 0.25) is 0 Å². The van der Waals surface area contributed by atoms with Crippen molar-refractivity contribution < 1.29 is 5.11 Å². The molecular weight excluding hydrogens is 236 g/mol. The Morgan fingerprint density at radius 3 is 2.63 bits per heavy atom. The molecule has 2 aromatic rings. The van der Waals surface area contributed by atoms with Gasteiger partial charge in [-0.05, 0) is 37.4 Å². The maximum atomic E-state index is 8.77. The van der Waals surface area contributed by atoms with Crippen LogP contribution in [0.5, 0.6) is 0 Å². The Morgan fingerprint density at radius 1 is 1.05 bits per heavy atom. The van der Waals surface area contributed by atoms with Gasteiger partial charge in [0, 0.05) is 30.3 Å². The summed E-state index contributed by atoms with van der Waals surface area (Å²) >= 11 is 0. The van der Waals surface area contributed by atoms with E-state index in [0.717, 1.165) is 25.8 Å². The number of aromatic nitrogens is 1. The van der Waals surface area contributed by atoms with Crippen LogP contribution in [0.3, 0.4) is 0 Å². The molecule has 0 spiro atoms. The fraction of sp³-hybridized carbons (Fsp3) is 0.500. The summed E-state index contributed by atoms with van der Waals surface area (Å²) in [4.78, 5) is 0. The average Bonchev–Trinajstić information content (AvgIpc) is 2.78. The number of hydrogen-bond donors (Lipinski definition) is 2. The molecule has 0 unspecified atom stereocenters. The number of aliphatic hydroxyl groups excluding tert-OH is 1. The van der Waals surface area contributed by atoms with Gasteiger partial charge in [-0.1, -0.05) is 31.0 Å². The fourth-order valence-electron chi connectivity index (χ4n) is 2.61. The first-order valence-electron chi connectivity index (χ1n) is 7.24. The van der Waals surface area contributed by atoms with Crippen LogP contribution in [0.1, 0.15) is 31.2 Å². The molecule has 1 aromatic carbocycles. The molecule has 0 saturated carbocycles. The molecule has 0 radical (unpaired) electrons. The minimum absolute atomic E-state index is 0.313. The van der Waals surface area contributed by atoms with Crippen LogP contribution in [-0.4, -0.2) is 22.8 Å². The fourth-order valence-corrected chi connectivity index (χ4v) is 2.61. The van der Waals surface area contributed by atoms with Gasteiger partial charge in [0.2, 0.25) is 0 Å². The standard InChI is InChI=1S/C16H24N2O/c17-10-9-14-13-18(11-5-1-2-6-12-19)16-8-4-3-7-15(14)16/h3-4,7-8,13,19H,1-2,5-6,9-12,17H2. The van der Waals surface area contributed by atoms with Crippen molar-refractivity contribution in [3.8, 4) is 0 Å². The molecule has 3 heteroatoms. The quantitative estimate of drug-likeness (QED) is 0.717. The highest BCUT2D eigenvalue weighted by Gasteiger charge is 2.06. The number of aryl methyl sites for hydroxylation is 1. The van der Waals surface area contributed by atoms with Crippen molar-refractivity contribution in [1.82, 2.24) is 4.57 Å². The Morgan fingerprint density at radius 2 is 1.84 bits per heavy atom. The number of unbranched alkanes of at least 4 members (excludes halogenated alkanes) is 3. The van der Waals surface area contributed by atoms with Crippen molar-refractivity contribution in [2.45, 2.75) is 38.6 Å². The number of nitrogens with two attached hydrogens (primary N) is 1. The third-order valence-corrected chi connectivity index (χ3v) is 3.59.